The Bertz CT molecular complexity index is 785. The lowest BCUT2D eigenvalue weighted by Gasteiger charge is -2.22. The second-order valence-corrected chi connectivity index (χ2v) is 14.3. The van der Waals surface area contributed by atoms with Crippen LogP contribution in [-0.2, 0) is 9.59 Å². The number of unbranched alkanes of at least 4 members (excludes halogenated alkanes) is 26. The lowest BCUT2D eigenvalue weighted by atomic mass is 9.82. The average molecular weight is 641 g/mol. The van der Waals surface area contributed by atoms with Crippen molar-refractivity contribution in [3.63, 3.8) is 0 Å². The van der Waals surface area contributed by atoms with Gasteiger partial charge in [0, 0.05) is 0 Å². The highest BCUT2D eigenvalue weighted by Crippen LogP contribution is 2.33. The molecule has 1 rings (SSSR count). The molecule has 0 fully saturated rings. The van der Waals surface area contributed by atoms with Gasteiger partial charge in [0.2, 0.25) is 11.8 Å². The molecule has 4 nitrogen and oxygen atoms in total. The predicted molar refractivity (Wildman–Crippen MR) is 200 cm³/mol. The SMILES string of the molecule is CCCCCCCCCCCCCCCCC(C(N)=O)c1ccccc1C(CCCCCCCCCCCCCCCC)C(N)=O. The van der Waals surface area contributed by atoms with Crippen molar-refractivity contribution in [2.45, 2.75) is 218 Å². The highest BCUT2D eigenvalue weighted by atomic mass is 16.1. The van der Waals surface area contributed by atoms with E-state index < -0.39 is 0 Å². The summed E-state index contributed by atoms with van der Waals surface area (Å²) in [5.74, 6) is -1.29. The zero-order valence-electron chi connectivity index (χ0n) is 30.6. The van der Waals surface area contributed by atoms with E-state index in [1.807, 2.05) is 24.3 Å². The van der Waals surface area contributed by atoms with Crippen LogP contribution < -0.4 is 11.5 Å². The van der Waals surface area contributed by atoms with E-state index in [4.69, 9.17) is 11.5 Å². The molecule has 0 aromatic heterocycles. The summed E-state index contributed by atoms with van der Waals surface area (Å²) in [5.41, 5.74) is 13.7. The van der Waals surface area contributed by atoms with Gasteiger partial charge in [0.1, 0.15) is 0 Å². The summed E-state index contributed by atoms with van der Waals surface area (Å²) in [5, 5.41) is 0. The predicted octanol–water partition coefficient (Wildman–Crippen LogP) is 12.6. The van der Waals surface area contributed by atoms with Gasteiger partial charge in [-0.2, -0.15) is 0 Å². The zero-order valence-corrected chi connectivity index (χ0v) is 30.6. The van der Waals surface area contributed by atoms with E-state index in [-0.39, 0.29) is 23.7 Å². The van der Waals surface area contributed by atoms with Gasteiger partial charge < -0.3 is 11.5 Å². The standard InChI is InChI=1S/C42H76N2O2/c1-3-5-7-9-11-13-15-17-19-21-23-25-27-29-35-39(41(43)45)37-33-31-32-34-38(37)40(42(44)46)36-30-28-26-24-22-20-18-16-14-12-10-8-6-4-2/h31-34,39-40H,3-30,35-36H2,1-2H3,(H2,43,45)(H2,44,46). The first-order valence-corrected chi connectivity index (χ1v) is 20.2. The Morgan fingerprint density at radius 1 is 0.413 bits per heavy atom. The molecule has 1 aromatic carbocycles. The minimum absolute atomic E-state index is 0.290. The molecule has 2 unspecified atom stereocenters. The van der Waals surface area contributed by atoms with E-state index >= 15 is 0 Å². The summed E-state index contributed by atoms with van der Waals surface area (Å²) in [4.78, 5) is 25.2. The Morgan fingerprint density at radius 2 is 0.630 bits per heavy atom. The van der Waals surface area contributed by atoms with Crippen LogP contribution in [0.2, 0.25) is 0 Å². The average Bonchev–Trinajstić information content (AvgIpc) is 3.04. The molecule has 0 heterocycles. The summed E-state index contributed by atoms with van der Waals surface area (Å²) in [6, 6.07) is 7.92. The molecule has 0 aliphatic rings. The fourth-order valence-corrected chi connectivity index (χ4v) is 7.13. The maximum Gasteiger partial charge on any atom is 0.224 e. The molecule has 0 saturated carbocycles. The second-order valence-electron chi connectivity index (χ2n) is 14.3. The molecule has 4 heteroatoms. The Labute approximate surface area is 286 Å². The minimum Gasteiger partial charge on any atom is -0.369 e. The molecule has 0 radical (unpaired) electrons. The number of benzene rings is 1. The van der Waals surface area contributed by atoms with Gasteiger partial charge >= 0.3 is 0 Å². The van der Waals surface area contributed by atoms with Crippen LogP contribution in [0, 0.1) is 0 Å². The molecule has 4 N–H and O–H groups in total. The summed E-state index contributed by atoms with van der Waals surface area (Å²) in [6.07, 6.45) is 38.2. The van der Waals surface area contributed by atoms with Crippen molar-refractivity contribution >= 4 is 11.8 Å². The van der Waals surface area contributed by atoms with Crippen LogP contribution in [0.5, 0.6) is 0 Å². The Kier molecular flexibility index (Phi) is 28.0. The van der Waals surface area contributed by atoms with Gasteiger partial charge in [-0.1, -0.05) is 218 Å². The monoisotopic (exact) mass is 641 g/mol. The van der Waals surface area contributed by atoms with Crippen molar-refractivity contribution in [3.05, 3.63) is 35.4 Å². The molecule has 2 atom stereocenters. The molecule has 0 saturated heterocycles. The van der Waals surface area contributed by atoms with Gasteiger partial charge in [0.25, 0.3) is 0 Å². The van der Waals surface area contributed by atoms with Gasteiger partial charge in [0.05, 0.1) is 11.8 Å². The van der Waals surface area contributed by atoms with Crippen LogP contribution in [0.3, 0.4) is 0 Å². The fourth-order valence-electron chi connectivity index (χ4n) is 7.13. The van der Waals surface area contributed by atoms with Crippen molar-refractivity contribution in [2.24, 2.45) is 11.5 Å². The highest BCUT2D eigenvalue weighted by Gasteiger charge is 2.26. The lowest BCUT2D eigenvalue weighted by molar-refractivity contribution is -0.121. The fraction of sp³-hybridized carbons (Fsp3) is 0.810. The zero-order chi connectivity index (χ0) is 33.5. The van der Waals surface area contributed by atoms with Gasteiger partial charge in [-0.3, -0.25) is 9.59 Å². The third-order valence-electron chi connectivity index (χ3n) is 10.1. The smallest absolute Gasteiger partial charge is 0.224 e. The van der Waals surface area contributed by atoms with Crippen LogP contribution in [0.4, 0.5) is 0 Å². The summed E-state index contributed by atoms with van der Waals surface area (Å²) >= 11 is 0. The first-order valence-electron chi connectivity index (χ1n) is 20.2. The molecular weight excluding hydrogens is 564 g/mol. The van der Waals surface area contributed by atoms with Crippen molar-refractivity contribution in [1.29, 1.82) is 0 Å². The van der Waals surface area contributed by atoms with Crippen molar-refractivity contribution in [1.82, 2.24) is 0 Å². The Balaban J connectivity index is 2.33. The van der Waals surface area contributed by atoms with Gasteiger partial charge in [-0.05, 0) is 24.0 Å². The lowest BCUT2D eigenvalue weighted by Crippen LogP contribution is -2.26. The van der Waals surface area contributed by atoms with E-state index in [2.05, 4.69) is 13.8 Å². The maximum atomic E-state index is 12.6. The number of nitrogens with two attached hydrogens (primary N) is 2. The number of rotatable bonds is 34. The van der Waals surface area contributed by atoms with Gasteiger partial charge in [0.15, 0.2) is 0 Å². The summed E-state index contributed by atoms with van der Waals surface area (Å²) in [6.45, 7) is 4.55. The first kappa shape index (κ1) is 42.2. The quantitative estimate of drug-likeness (QED) is 0.0734. The second kappa shape index (κ2) is 30.5. The number of hydrogen-bond donors (Lipinski definition) is 2. The van der Waals surface area contributed by atoms with Crippen LogP contribution in [0.1, 0.15) is 229 Å². The Morgan fingerprint density at radius 3 is 0.848 bits per heavy atom. The van der Waals surface area contributed by atoms with Crippen LogP contribution in [0.15, 0.2) is 24.3 Å². The van der Waals surface area contributed by atoms with Gasteiger partial charge in [-0.25, -0.2) is 0 Å². The van der Waals surface area contributed by atoms with Crippen molar-refractivity contribution < 1.29 is 9.59 Å². The number of carbonyl (C=O) groups is 2. The first-order chi connectivity index (χ1) is 22.5. The van der Waals surface area contributed by atoms with Crippen LogP contribution >= 0.6 is 0 Å². The summed E-state index contributed by atoms with van der Waals surface area (Å²) < 4.78 is 0. The molecule has 46 heavy (non-hydrogen) atoms. The van der Waals surface area contributed by atoms with E-state index in [9.17, 15) is 9.59 Å². The molecular formula is C42H76N2O2. The number of hydrogen-bond acceptors (Lipinski definition) is 2. The highest BCUT2D eigenvalue weighted by molar-refractivity contribution is 5.85. The Hall–Kier alpha value is -1.84. The molecule has 2 amide bonds. The number of carbonyl (C=O) groups excluding carboxylic acids is 2. The van der Waals surface area contributed by atoms with Crippen molar-refractivity contribution in [2.75, 3.05) is 0 Å². The van der Waals surface area contributed by atoms with Crippen LogP contribution in [0.25, 0.3) is 0 Å². The van der Waals surface area contributed by atoms with Crippen LogP contribution in [-0.4, -0.2) is 11.8 Å². The maximum absolute atomic E-state index is 12.6. The molecule has 0 bridgehead atoms. The molecule has 1 aromatic rings. The number of primary amides is 2. The molecule has 266 valence electrons. The summed E-state index contributed by atoms with van der Waals surface area (Å²) in [7, 11) is 0. The van der Waals surface area contributed by atoms with E-state index in [1.165, 1.54) is 154 Å². The largest absolute Gasteiger partial charge is 0.369 e. The van der Waals surface area contributed by atoms with E-state index in [0.717, 1.165) is 49.7 Å². The topological polar surface area (TPSA) is 86.2 Å². The van der Waals surface area contributed by atoms with E-state index in [1.54, 1.807) is 0 Å². The third-order valence-corrected chi connectivity index (χ3v) is 10.1. The third kappa shape index (κ3) is 21.9. The number of amides is 2. The van der Waals surface area contributed by atoms with Crippen molar-refractivity contribution in [3.8, 4) is 0 Å². The molecule has 0 spiro atoms. The minimum atomic E-state index is -0.355. The molecule has 0 aliphatic carbocycles. The van der Waals surface area contributed by atoms with E-state index in [0.29, 0.717) is 0 Å². The normalized spacial score (nSPS) is 12.7. The molecule has 0 aliphatic heterocycles. The van der Waals surface area contributed by atoms with Gasteiger partial charge in [-0.15, -0.1) is 0 Å².